The molecule has 2 aliphatic heterocycles. The summed E-state index contributed by atoms with van der Waals surface area (Å²) in [5, 5.41) is 3.16. The molecule has 0 radical (unpaired) electrons. The number of ether oxygens (including phenoxy) is 1. The van der Waals surface area contributed by atoms with Crippen LogP contribution >= 0.6 is 12.4 Å². The van der Waals surface area contributed by atoms with E-state index in [2.05, 4.69) is 77.6 Å². The summed E-state index contributed by atoms with van der Waals surface area (Å²) < 4.78 is 5.01. The number of rotatable bonds is 3. The highest BCUT2D eigenvalue weighted by atomic mass is 35.5. The number of halogens is 1. The molecule has 3 aliphatic rings. The first-order valence-electron chi connectivity index (χ1n) is 13.0. The molecule has 1 unspecified atom stereocenters. The van der Waals surface area contributed by atoms with Gasteiger partial charge < -0.3 is 19.9 Å². The highest BCUT2D eigenvalue weighted by Crippen LogP contribution is 2.38. The maximum atomic E-state index is 5.15. The second kappa shape index (κ2) is 12.5. The number of fused-ring (bicyclic) bond motifs is 2. The van der Waals surface area contributed by atoms with Crippen LogP contribution in [0.2, 0.25) is 0 Å². The third kappa shape index (κ3) is 5.83. The van der Waals surface area contributed by atoms with Crippen molar-refractivity contribution in [1.82, 2.24) is 15.3 Å². The van der Waals surface area contributed by atoms with Crippen molar-refractivity contribution in [3.05, 3.63) is 77.0 Å². The molecule has 0 saturated carbocycles. The van der Waals surface area contributed by atoms with E-state index >= 15 is 0 Å². The zero-order valence-corrected chi connectivity index (χ0v) is 22.3. The van der Waals surface area contributed by atoms with Crippen molar-refractivity contribution < 1.29 is 4.74 Å². The van der Waals surface area contributed by atoms with E-state index in [1.807, 2.05) is 6.07 Å². The molecule has 6 rings (SSSR count). The predicted molar refractivity (Wildman–Crippen MR) is 150 cm³/mol. The average molecular weight is 508 g/mol. The van der Waals surface area contributed by atoms with E-state index < -0.39 is 0 Å². The van der Waals surface area contributed by atoms with Gasteiger partial charge in [0.25, 0.3) is 0 Å². The van der Waals surface area contributed by atoms with Gasteiger partial charge in [0.1, 0.15) is 5.82 Å². The maximum absolute atomic E-state index is 5.15. The number of nitrogens with zero attached hydrogens (tertiary/aromatic N) is 4. The van der Waals surface area contributed by atoms with Gasteiger partial charge in [0.05, 0.1) is 24.9 Å². The lowest BCUT2D eigenvalue weighted by Gasteiger charge is -2.38. The molecule has 1 aliphatic carbocycles. The van der Waals surface area contributed by atoms with Gasteiger partial charge in [-0.15, -0.1) is 12.4 Å². The monoisotopic (exact) mass is 507 g/mol. The highest BCUT2D eigenvalue weighted by Gasteiger charge is 2.29. The molecule has 192 valence electrons. The van der Waals surface area contributed by atoms with Gasteiger partial charge in [-0.25, -0.2) is 4.98 Å². The standard InChI is InChI=1S/C25H28N4.C4H9NO.ClH/c1-18-21-13-7-6-10-19(21)16-17-29(18)24-22-14-8-9-15-23(22)26-25(27-24)28(2)20-11-4-3-5-12-20;1-3-6-4-2-5-1;/h3-7,10-13,18H,8-9,14-17H2,1-2H3;5H,1-4H2;1H. The second-order valence-electron chi connectivity index (χ2n) is 9.55. The van der Waals surface area contributed by atoms with E-state index in [1.165, 1.54) is 35.2 Å². The van der Waals surface area contributed by atoms with Gasteiger partial charge in [0, 0.05) is 37.9 Å². The van der Waals surface area contributed by atoms with E-state index in [0.29, 0.717) is 6.04 Å². The van der Waals surface area contributed by atoms with Gasteiger partial charge in [-0.1, -0.05) is 42.5 Å². The van der Waals surface area contributed by atoms with Gasteiger partial charge >= 0.3 is 0 Å². The molecule has 2 aromatic carbocycles. The number of aryl methyl sites for hydroxylation is 1. The van der Waals surface area contributed by atoms with Crippen LogP contribution in [0.5, 0.6) is 0 Å². The van der Waals surface area contributed by atoms with Crippen LogP contribution in [0.3, 0.4) is 0 Å². The van der Waals surface area contributed by atoms with Gasteiger partial charge in [-0.05, 0) is 62.3 Å². The van der Waals surface area contributed by atoms with E-state index in [-0.39, 0.29) is 12.4 Å². The van der Waals surface area contributed by atoms with Crippen LogP contribution in [0.1, 0.15) is 48.2 Å². The fourth-order valence-corrected chi connectivity index (χ4v) is 5.29. The van der Waals surface area contributed by atoms with Crippen LogP contribution in [0.15, 0.2) is 54.6 Å². The second-order valence-corrected chi connectivity index (χ2v) is 9.55. The van der Waals surface area contributed by atoms with Crippen molar-refractivity contribution in [2.75, 3.05) is 49.7 Å². The summed E-state index contributed by atoms with van der Waals surface area (Å²) in [6, 6.07) is 19.6. The molecule has 6 nitrogen and oxygen atoms in total. The fourth-order valence-electron chi connectivity index (χ4n) is 5.29. The Morgan fingerprint density at radius 2 is 1.64 bits per heavy atom. The van der Waals surface area contributed by atoms with E-state index in [9.17, 15) is 0 Å². The number of hydrogen-bond acceptors (Lipinski definition) is 6. The molecule has 36 heavy (non-hydrogen) atoms. The maximum Gasteiger partial charge on any atom is 0.231 e. The summed E-state index contributed by atoms with van der Waals surface area (Å²) in [6.45, 7) is 7.16. The first-order valence-corrected chi connectivity index (χ1v) is 13.0. The van der Waals surface area contributed by atoms with Crippen LogP contribution in [-0.4, -0.2) is 49.9 Å². The Hall–Kier alpha value is -2.67. The van der Waals surface area contributed by atoms with E-state index in [1.54, 1.807) is 0 Å². The topological polar surface area (TPSA) is 53.5 Å². The van der Waals surface area contributed by atoms with Crippen molar-refractivity contribution in [3.8, 4) is 0 Å². The van der Waals surface area contributed by atoms with Crippen molar-refractivity contribution in [2.45, 2.75) is 45.1 Å². The zero-order valence-electron chi connectivity index (χ0n) is 21.4. The lowest BCUT2D eigenvalue weighted by Crippen LogP contribution is -2.36. The van der Waals surface area contributed by atoms with Gasteiger partial charge in [-0.3, -0.25) is 0 Å². The normalized spacial score (nSPS) is 18.6. The smallest absolute Gasteiger partial charge is 0.231 e. The Bertz CT molecular complexity index is 1110. The molecule has 1 atom stereocenters. The molecule has 3 aromatic rings. The number of anilines is 3. The lowest BCUT2D eigenvalue weighted by molar-refractivity contribution is 0.109. The number of hydrogen-bond donors (Lipinski definition) is 1. The molecule has 0 amide bonds. The third-order valence-corrected chi connectivity index (χ3v) is 7.31. The molecule has 0 bridgehead atoms. The third-order valence-electron chi connectivity index (χ3n) is 7.31. The van der Waals surface area contributed by atoms with Gasteiger partial charge in [-0.2, -0.15) is 4.98 Å². The van der Waals surface area contributed by atoms with Crippen LogP contribution in [0, 0.1) is 0 Å². The quantitative estimate of drug-likeness (QED) is 0.521. The largest absolute Gasteiger partial charge is 0.379 e. The number of morpholine rings is 1. The predicted octanol–water partition coefficient (Wildman–Crippen LogP) is 5.28. The van der Waals surface area contributed by atoms with Gasteiger partial charge in [0.2, 0.25) is 5.95 Å². The van der Waals surface area contributed by atoms with Crippen LogP contribution in [0.25, 0.3) is 0 Å². The van der Waals surface area contributed by atoms with Crippen molar-refractivity contribution in [3.63, 3.8) is 0 Å². The Balaban J connectivity index is 0.000000383. The van der Waals surface area contributed by atoms with Crippen molar-refractivity contribution in [2.24, 2.45) is 0 Å². The Labute approximate surface area is 221 Å². The van der Waals surface area contributed by atoms with Crippen LogP contribution < -0.4 is 15.1 Å². The number of para-hydroxylation sites is 1. The Kier molecular flexibility index (Phi) is 9.19. The molecule has 1 fully saturated rings. The SMILES string of the molecule is C1COCCN1.CC1c2ccccc2CCN1c1nc(N(C)c2ccccc2)nc2c1CCCC2.Cl. The summed E-state index contributed by atoms with van der Waals surface area (Å²) in [5.74, 6) is 1.95. The number of nitrogens with one attached hydrogen (secondary N) is 1. The summed E-state index contributed by atoms with van der Waals surface area (Å²) in [7, 11) is 2.07. The van der Waals surface area contributed by atoms with Gasteiger partial charge in [0.15, 0.2) is 0 Å². The molecular weight excluding hydrogens is 470 g/mol. The summed E-state index contributed by atoms with van der Waals surface area (Å²) >= 11 is 0. The minimum Gasteiger partial charge on any atom is -0.379 e. The molecule has 7 heteroatoms. The minimum absolute atomic E-state index is 0. The number of aromatic nitrogens is 2. The molecule has 1 saturated heterocycles. The Morgan fingerprint density at radius 1 is 0.917 bits per heavy atom. The fraction of sp³-hybridized carbons (Fsp3) is 0.448. The van der Waals surface area contributed by atoms with Crippen LogP contribution in [-0.2, 0) is 24.0 Å². The molecule has 3 heterocycles. The first-order chi connectivity index (χ1) is 17.2. The van der Waals surface area contributed by atoms with Crippen molar-refractivity contribution in [1.29, 1.82) is 0 Å². The van der Waals surface area contributed by atoms with Crippen molar-refractivity contribution >= 4 is 29.9 Å². The zero-order chi connectivity index (χ0) is 24.0. The highest BCUT2D eigenvalue weighted by molar-refractivity contribution is 5.85. The Morgan fingerprint density at radius 3 is 2.36 bits per heavy atom. The average Bonchev–Trinajstić information content (AvgIpc) is 2.94. The van der Waals surface area contributed by atoms with Crippen LogP contribution in [0.4, 0.5) is 17.5 Å². The summed E-state index contributed by atoms with van der Waals surface area (Å²) in [6.07, 6.45) is 5.67. The summed E-state index contributed by atoms with van der Waals surface area (Å²) in [5.41, 5.74) is 6.63. The summed E-state index contributed by atoms with van der Waals surface area (Å²) in [4.78, 5) is 14.8. The van der Waals surface area contributed by atoms with E-state index in [4.69, 9.17) is 14.7 Å². The lowest BCUT2D eigenvalue weighted by atomic mass is 9.91. The molecule has 1 N–H and O–H groups in total. The van der Waals surface area contributed by atoms with E-state index in [0.717, 1.165) is 69.6 Å². The molecular formula is C29H38ClN5O. The number of benzene rings is 2. The molecule has 0 spiro atoms. The molecule has 1 aromatic heterocycles. The first kappa shape index (κ1) is 26.4. The minimum atomic E-state index is 0.